The maximum Gasteiger partial charge on any atom is 0.233 e. The van der Waals surface area contributed by atoms with Crippen LogP contribution in [0, 0.1) is 0 Å². The number of carbonyl (C=O) groups is 1. The summed E-state index contributed by atoms with van der Waals surface area (Å²) in [6, 6.07) is 8.60. The molecule has 0 saturated carbocycles. The Morgan fingerprint density at radius 3 is 2.79 bits per heavy atom. The lowest BCUT2D eigenvalue weighted by molar-refractivity contribution is -0.120. The molecule has 0 atom stereocenters. The van der Waals surface area contributed by atoms with Gasteiger partial charge in [-0.15, -0.1) is 12.4 Å². The van der Waals surface area contributed by atoms with Crippen molar-refractivity contribution in [2.24, 2.45) is 0 Å². The van der Waals surface area contributed by atoms with E-state index in [0.717, 1.165) is 32.6 Å². The third-order valence-electron chi connectivity index (χ3n) is 3.30. The van der Waals surface area contributed by atoms with E-state index in [1.54, 1.807) is 7.05 Å². The third kappa shape index (κ3) is 4.82. The van der Waals surface area contributed by atoms with Crippen LogP contribution in [0.5, 0.6) is 0 Å². The maximum absolute atomic E-state index is 11.3. The highest BCUT2D eigenvalue weighted by Crippen LogP contribution is 2.17. The first-order chi connectivity index (χ1) is 8.79. The summed E-state index contributed by atoms with van der Waals surface area (Å²) in [5.74, 6) is 0.0647. The van der Waals surface area contributed by atoms with E-state index >= 15 is 0 Å². The second-order valence-corrected chi connectivity index (χ2v) is 4.68. The lowest BCUT2D eigenvalue weighted by Crippen LogP contribution is -2.40. The van der Waals surface area contributed by atoms with Crippen molar-refractivity contribution in [1.29, 1.82) is 0 Å². The number of nitrogens with one attached hydrogen (secondary N) is 2. The zero-order chi connectivity index (χ0) is 12.8. The van der Waals surface area contributed by atoms with Crippen LogP contribution in [-0.4, -0.2) is 44.0 Å². The molecule has 0 aromatic heterocycles. The standard InChI is InChI=1S/C14H21N3O.ClH/c1-15-10-14(18)16-7-9-17-8-6-12-4-2-3-5-13(12)11-17;/h2-5,15H,6-11H2,1H3,(H,16,18);1H. The summed E-state index contributed by atoms with van der Waals surface area (Å²) in [6.45, 7) is 4.12. The highest BCUT2D eigenvalue weighted by atomic mass is 35.5. The van der Waals surface area contributed by atoms with E-state index < -0.39 is 0 Å². The fraction of sp³-hybridized carbons (Fsp3) is 0.500. The molecule has 0 saturated heterocycles. The van der Waals surface area contributed by atoms with Gasteiger partial charge < -0.3 is 10.6 Å². The summed E-state index contributed by atoms with van der Waals surface area (Å²) in [7, 11) is 1.78. The largest absolute Gasteiger partial charge is 0.354 e. The highest BCUT2D eigenvalue weighted by molar-refractivity contribution is 5.85. The van der Waals surface area contributed by atoms with Crippen LogP contribution in [0.3, 0.4) is 0 Å². The molecule has 0 fully saturated rings. The average Bonchev–Trinajstić information content (AvgIpc) is 2.39. The van der Waals surface area contributed by atoms with E-state index in [2.05, 4.69) is 39.8 Å². The van der Waals surface area contributed by atoms with Crippen LogP contribution in [0.15, 0.2) is 24.3 Å². The van der Waals surface area contributed by atoms with E-state index in [1.165, 1.54) is 11.1 Å². The molecule has 2 N–H and O–H groups in total. The second-order valence-electron chi connectivity index (χ2n) is 4.68. The Morgan fingerprint density at radius 1 is 1.32 bits per heavy atom. The van der Waals surface area contributed by atoms with Crippen molar-refractivity contribution in [3.63, 3.8) is 0 Å². The Balaban J connectivity index is 0.00000180. The van der Waals surface area contributed by atoms with Gasteiger partial charge in [0.2, 0.25) is 5.91 Å². The molecule has 1 aliphatic heterocycles. The highest BCUT2D eigenvalue weighted by Gasteiger charge is 2.14. The monoisotopic (exact) mass is 283 g/mol. The van der Waals surface area contributed by atoms with Gasteiger partial charge in [-0.05, 0) is 24.6 Å². The summed E-state index contributed by atoms with van der Waals surface area (Å²) in [6.07, 6.45) is 1.11. The number of amides is 1. The van der Waals surface area contributed by atoms with E-state index in [4.69, 9.17) is 0 Å². The van der Waals surface area contributed by atoms with Gasteiger partial charge >= 0.3 is 0 Å². The minimum atomic E-state index is 0. The number of likely N-dealkylation sites (N-methyl/N-ethyl adjacent to an activating group) is 1. The molecule has 0 radical (unpaired) electrons. The number of halogens is 1. The van der Waals surface area contributed by atoms with Crippen LogP contribution in [0.25, 0.3) is 0 Å². The van der Waals surface area contributed by atoms with Gasteiger partial charge in [0.1, 0.15) is 0 Å². The first-order valence-electron chi connectivity index (χ1n) is 6.50. The zero-order valence-corrected chi connectivity index (χ0v) is 12.1. The SMILES string of the molecule is CNCC(=O)NCCN1CCc2ccccc2C1.Cl. The number of rotatable bonds is 5. The number of hydrogen-bond donors (Lipinski definition) is 2. The van der Waals surface area contributed by atoms with Gasteiger partial charge in [0.15, 0.2) is 0 Å². The van der Waals surface area contributed by atoms with Gasteiger partial charge in [-0.25, -0.2) is 0 Å². The van der Waals surface area contributed by atoms with Crippen molar-refractivity contribution in [1.82, 2.24) is 15.5 Å². The van der Waals surface area contributed by atoms with Crippen LogP contribution in [0.1, 0.15) is 11.1 Å². The quantitative estimate of drug-likeness (QED) is 0.840. The lowest BCUT2D eigenvalue weighted by Gasteiger charge is -2.28. The topological polar surface area (TPSA) is 44.4 Å². The molecule has 0 unspecified atom stereocenters. The van der Waals surface area contributed by atoms with Crippen molar-refractivity contribution in [2.45, 2.75) is 13.0 Å². The fourth-order valence-electron chi connectivity index (χ4n) is 2.32. The molecule has 4 nitrogen and oxygen atoms in total. The molecule has 1 amide bonds. The molecule has 2 rings (SSSR count). The second kappa shape index (κ2) is 8.15. The summed E-state index contributed by atoms with van der Waals surface area (Å²) in [4.78, 5) is 13.7. The van der Waals surface area contributed by atoms with Crippen LogP contribution in [0.4, 0.5) is 0 Å². The van der Waals surface area contributed by atoms with Crippen molar-refractivity contribution >= 4 is 18.3 Å². The molecule has 1 aromatic carbocycles. The average molecular weight is 284 g/mol. The van der Waals surface area contributed by atoms with Crippen LogP contribution >= 0.6 is 12.4 Å². The number of benzene rings is 1. The molecule has 106 valence electrons. The van der Waals surface area contributed by atoms with Gasteiger partial charge in [0, 0.05) is 26.2 Å². The van der Waals surface area contributed by atoms with Crippen LogP contribution in [-0.2, 0) is 17.8 Å². The molecular weight excluding hydrogens is 262 g/mol. The minimum absolute atomic E-state index is 0. The first-order valence-corrected chi connectivity index (χ1v) is 6.50. The first kappa shape index (κ1) is 16.0. The van der Waals surface area contributed by atoms with Crippen molar-refractivity contribution < 1.29 is 4.79 Å². The normalized spacial score (nSPS) is 14.4. The number of fused-ring (bicyclic) bond motifs is 1. The van der Waals surface area contributed by atoms with Crippen molar-refractivity contribution in [2.75, 3.05) is 33.2 Å². The fourth-order valence-corrected chi connectivity index (χ4v) is 2.32. The third-order valence-corrected chi connectivity index (χ3v) is 3.30. The van der Waals surface area contributed by atoms with Crippen LogP contribution in [0.2, 0.25) is 0 Å². The number of nitrogens with zero attached hydrogens (tertiary/aromatic N) is 1. The Labute approximate surface area is 121 Å². The van der Waals surface area contributed by atoms with Gasteiger partial charge in [0.05, 0.1) is 6.54 Å². The lowest BCUT2D eigenvalue weighted by atomic mass is 10.00. The number of carbonyl (C=O) groups excluding carboxylic acids is 1. The summed E-state index contributed by atoms with van der Waals surface area (Å²) < 4.78 is 0. The summed E-state index contributed by atoms with van der Waals surface area (Å²) in [5, 5.41) is 5.76. The van der Waals surface area contributed by atoms with E-state index in [1.807, 2.05) is 0 Å². The molecule has 0 bridgehead atoms. The van der Waals surface area contributed by atoms with E-state index in [-0.39, 0.29) is 18.3 Å². The summed E-state index contributed by atoms with van der Waals surface area (Å²) in [5.41, 5.74) is 2.89. The molecule has 5 heteroatoms. The van der Waals surface area contributed by atoms with E-state index in [0.29, 0.717) is 6.54 Å². The Morgan fingerprint density at radius 2 is 2.05 bits per heavy atom. The summed E-state index contributed by atoms with van der Waals surface area (Å²) >= 11 is 0. The predicted molar refractivity (Wildman–Crippen MR) is 79.6 cm³/mol. The molecule has 0 spiro atoms. The van der Waals surface area contributed by atoms with Gasteiger partial charge in [-0.2, -0.15) is 0 Å². The molecule has 1 aliphatic rings. The Bertz CT molecular complexity index is 411. The van der Waals surface area contributed by atoms with Gasteiger partial charge in [-0.1, -0.05) is 24.3 Å². The molecular formula is C14H22ClN3O. The Kier molecular flexibility index (Phi) is 6.84. The van der Waals surface area contributed by atoms with Gasteiger partial charge in [0.25, 0.3) is 0 Å². The molecule has 1 aromatic rings. The number of hydrogen-bond acceptors (Lipinski definition) is 3. The van der Waals surface area contributed by atoms with Crippen LogP contribution < -0.4 is 10.6 Å². The minimum Gasteiger partial charge on any atom is -0.354 e. The van der Waals surface area contributed by atoms with Crippen molar-refractivity contribution in [3.8, 4) is 0 Å². The predicted octanol–water partition coefficient (Wildman–Crippen LogP) is 0.802. The Hall–Kier alpha value is -1.10. The zero-order valence-electron chi connectivity index (χ0n) is 11.3. The smallest absolute Gasteiger partial charge is 0.233 e. The maximum atomic E-state index is 11.3. The molecule has 1 heterocycles. The van der Waals surface area contributed by atoms with Gasteiger partial charge in [-0.3, -0.25) is 9.69 Å². The van der Waals surface area contributed by atoms with E-state index in [9.17, 15) is 4.79 Å². The van der Waals surface area contributed by atoms with Crippen molar-refractivity contribution in [3.05, 3.63) is 35.4 Å². The molecule has 19 heavy (non-hydrogen) atoms. The molecule has 0 aliphatic carbocycles.